The summed E-state index contributed by atoms with van der Waals surface area (Å²) in [7, 11) is 0. The summed E-state index contributed by atoms with van der Waals surface area (Å²) in [6.07, 6.45) is 7.42. The van der Waals surface area contributed by atoms with Gasteiger partial charge in [-0.25, -0.2) is 9.97 Å². The van der Waals surface area contributed by atoms with Crippen LogP contribution >= 0.6 is 11.5 Å². The van der Waals surface area contributed by atoms with Crippen molar-refractivity contribution in [2.24, 2.45) is 0 Å². The lowest BCUT2D eigenvalue weighted by atomic mass is 10.2. The Morgan fingerprint density at radius 2 is 2.17 bits per heavy atom. The number of nitrogens with zero attached hydrogens (tertiary/aromatic N) is 6. The quantitative estimate of drug-likeness (QED) is 0.182. The number of pyridine rings is 1. The maximum absolute atomic E-state index is 13.1. The first-order chi connectivity index (χ1) is 17.4. The molecule has 4 aromatic heterocycles. The lowest BCUT2D eigenvalue weighted by Crippen LogP contribution is -2.35. The van der Waals surface area contributed by atoms with E-state index in [1.807, 2.05) is 0 Å². The van der Waals surface area contributed by atoms with E-state index in [0.717, 1.165) is 18.0 Å². The number of nitrogens with one attached hydrogen (secondary N) is 3. The number of aromatic nitrogens is 5. The zero-order valence-electron chi connectivity index (χ0n) is 18.9. The highest BCUT2D eigenvalue weighted by Gasteiger charge is 2.22. The number of carbonyl (C=O) groups excluding carboxylic acids is 2. The average Bonchev–Trinajstić information content (AvgIpc) is 3.57. The van der Waals surface area contributed by atoms with Crippen LogP contribution in [0.25, 0.3) is 11.0 Å². The van der Waals surface area contributed by atoms with Crippen molar-refractivity contribution in [2.45, 2.75) is 12.8 Å². The molecule has 184 valence electrons. The van der Waals surface area contributed by atoms with Crippen LogP contribution in [0.15, 0.2) is 36.9 Å². The summed E-state index contributed by atoms with van der Waals surface area (Å²) < 4.78 is 5.35. The molecule has 0 aromatic carbocycles. The number of amidine groups is 1. The predicted molar refractivity (Wildman–Crippen MR) is 134 cm³/mol. The molecule has 14 heteroatoms. The third kappa shape index (κ3) is 4.53. The van der Waals surface area contributed by atoms with Crippen LogP contribution < -0.4 is 16.4 Å². The maximum Gasteiger partial charge on any atom is 0.264 e. The van der Waals surface area contributed by atoms with Crippen LogP contribution in [-0.4, -0.2) is 71.2 Å². The third-order valence-electron chi connectivity index (χ3n) is 5.70. The number of aromatic hydroxyl groups is 1. The summed E-state index contributed by atoms with van der Waals surface area (Å²) in [6.45, 7) is 1.56. The van der Waals surface area contributed by atoms with E-state index in [2.05, 4.69) is 30.0 Å². The monoisotopic (exact) mass is 506 g/mol. The van der Waals surface area contributed by atoms with E-state index in [1.54, 1.807) is 23.2 Å². The molecule has 0 spiro atoms. The number of carbonyl (C=O) groups is 2. The van der Waals surface area contributed by atoms with Gasteiger partial charge in [0.15, 0.2) is 0 Å². The fraction of sp³-hybridized carbons (Fsp3) is 0.227. The second-order valence-electron chi connectivity index (χ2n) is 8.07. The molecule has 5 heterocycles. The lowest BCUT2D eigenvalue weighted by Gasteiger charge is -2.16. The van der Waals surface area contributed by atoms with Crippen molar-refractivity contribution in [1.29, 1.82) is 5.41 Å². The second kappa shape index (κ2) is 9.58. The molecular weight excluding hydrogens is 484 g/mol. The molecular formula is C22H22N10O3S. The molecule has 0 atom stereocenters. The van der Waals surface area contributed by atoms with Crippen LogP contribution in [0.5, 0.6) is 5.88 Å². The number of likely N-dealkylation sites (tertiary alicyclic amines) is 1. The highest BCUT2D eigenvalue weighted by molar-refractivity contribution is 7.11. The number of fused-ring (bicyclic) bond motifs is 1. The molecule has 0 unspecified atom stereocenters. The van der Waals surface area contributed by atoms with Crippen LogP contribution in [-0.2, 0) is 4.79 Å². The zero-order valence-corrected chi connectivity index (χ0v) is 19.7. The van der Waals surface area contributed by atoms with Crippen molar-refractivity contribution in [3.05, 3.63) is 48.0 Å². The Morgan fingerprint density at radius 1 is 1.31 bits per heavy atom. The Labute approximate surface area is 208 Å². The van der Waals surface area contributed by atoms with E-state index >= 15 is 0 Å². The van der Waals surface area contributed by atoms with Gasteiger partial charge in [0, 0.05) is 38.4 Å². The van der Waals surface area contributed by atoms with Crippen LogP contribution in [0.1, 0.15) is 28.8 Å². The van der Waals surface area contributed by atoms with Gasteiger partial charge >= 0.3 is 0 Å². The second-order valence-corrected chi connectivity index (χ2v) is 8.85. The number of amides is 1. The van der Waals surface area contributed by atoms with Gasteiger partial charge < -0.3 is 26.4 Å². The molecule has 4 aromatic rings. The topological polar surface area (TPSA) is 188 Å². The van der Waals surface area contributed by atoms with Crippen molar-refractivity contribution in [1.82, 2.24) is 34.1 Å². The standard InChI is InChI=1S/C22H22N10O3S/c23-18(26-4-7-31-5-1-2-16(31)33)17-19(34)30-36-20(17)28-13-8-12(9-25-10-13)21(35)32-6-3-14-15(32)11-27-22(24)29-14/h3,6,8-11,28H,1-2,4-5,7H2,(H2,23,26)(H,30,34)(H2,24,27,29). The minimum atomic E-state index is -0.340. The molecule has 36 heavy (non-hydrogen) atoms. The van der Waals surface area contributed by atoms with Crippen LogP contribution in [0.4, 0.5) is 16.6 Å². The molecule has 5 rings (SSSR count). The van der Waals surface area contributed by atoms with Crippen molar-refractivity contribution in [2.75, 3.05) is 30.7 Å². The first-order valence-corrected chi connectivity index (χ1v) is 11.8. The highest BCUT2D eigenvalue weighted by atomic mass is 32.1. The molecule has 1 fully saturated rings. The Morgan fingerprint density at radius 3 is 2.97 bits per heavy atom. The van der Waals surface area contributed by atoms with Gasteiger partial charge in [0.25, 0.3) is 5.91 Å². The van der Waals surface area contributed by atoms with Crippen molar-refractivity contribution in [3.8, 4) is 5.88 Å². The van der Waals surface area contributed by atoms with E-state index < -0.39 is 0 Å². The van der Waals surface area contributed by atoms with Gasteiger partial charge in [-0.15, -0.1) is 0 Å². The molecule has 1 amide bonds. The van der Waals surface area contributed by atoms with E-state index in [1.165, 1.54) is 23.2 Å². The summed E-state index contributed by atoms with van der Waals surface area (Å²) >= 11 is 0.971. The van der Waals surface area contributed by atoms with Gasteiger partial charge in [-0.1, -0.05) is 0 Å². The van der Waals surface area contributed by atoms with E-state index in [9.17, 15) is 14.7 Å². The van der Waals surface area contributed by atoms with Crippen LogP contribution in [0.3, 0.4) is 0 Å². The van der Waals surface area contributed by atoms with Gasteiger partial charge in [-0.2, -0.15) is 4.37 Å². The largest absolute Gasteiger partial charge is 0.492 e. The number of nitrogens with two attached hydrogens (primary N) is 1. The normalized spacial score (nSPS) is 13.3. The van der Waals surface area contributed by atoms with Crippen LogP contribution in [0.2, 0.25) is 0 Å². The Kier molecular flexibility index (Phi) is 6.16. The third-order valence-corrected chi connectivity index (χ3v) is 6.45. The van der Waals surface area contributed by atoms with Gasteiger partial charge in [0.05, 0.1) is 34.7 Å². The average molecular weight is 507 g/mol. The zero-order chi connectivity index (χ0) is 25.2. The van der Waals surface area contributed by atoms with Gasteiger partial charge in [0.1, 0.15) is 16.4 Å². The summed E-state index contributed by atoms with van der Waals surface area (Å²) in [5.41, 5.74) is 7.63. The molecule has 0 bridgehead atoms. The SMILES string of the molecule is N=C(NCCN1CCCC1=O)c1c(O)nsc1Nc1cncc(C(=O)n2ccc3nc(N)ncc32)c1. The Hall–Kier alpha value is -4.59. The number of rotatable bonds is 7. The summed E-state index contributed by atoms with van der Waals surface area (Å²) in [4.78, 5) is 38.9. The molecule has 1 aliphatic rings. The Balaban J connectivity index is 1.31. The summed E-state index contributed by atoms with van der Waals surface area (Å²) in [6, 6.07) is 3.28. The molecule has 0 radical (unpaired) electrons. The molecule has 1 aliphatic heterocycles. The number of hydrogen-bond acceptors (Lipinski definition) is 11. The van der Waals surface area contributed by atoms with Crippen molar-refractivity contribution < 1.29 is 14.7 Å². The number of hydrogen-bond donors (Lipinski definition) is 5. The minimum absolute atomic E-state index is 0.0336. The molecule has 1 saturated heterocycles. The Bertz CT molecular complexity index is 1480. The van der Waals surface area contributed by atoms with E-state index in [-0.39, 0.29) is 35.0 Å². The fourth-order valence-corrected chi connectivity index (χ4v) is 4.66. The first-order valence-electron chi connectivity index (χ1n) is 11.1. The predicted octanol–water partition coefficient (Wildman–Crippen LogP) is 1.54. The summed E-state index contributed by atoms with van der Waals surface area (Å²) in [5.74, 6) is -0.442. The van der Waals surface area contributed by atoms with Gasteiger partial charge in [0.2, 0.25) is 17.7 Å². The number of anilines is 3. The molecule has 6 N–H and O–H groups in total. The van der Waals surface area contributed by atoms with Crippen molar-refractivity contribution in [3.63, 3.8) is 0 Å². The maximum atomic E-state index is 13.1. The molecule has 13 nitrogen and oxygen atoms in total. The molecule has 0 aliphatic carbocycles. The molecule has 0 saturated carbocycles. The highest BCUT2D eigenvalue weighted by Crippen LogP contribution is 2.32. The summed E-state index contributed by atoms with van der Waals surface area (Å²) in [5, 5.41) is 25.0. The first kappa shape index (κ1) is 23.2. The van der Waals surface area contributed by atoms with Crippen molar-refractivity contribution >= 4 is 56.9 Å². The minimum Gasteiger partial charge on any atom is -0.492 e. The lowest BCUT2D eigenvalue weighted by molar-refractivity contribution is -0.127. The van der Waals surface area contributed by atoms with Gasteiger partial charge in [-0.05, 0) is 30.1 Å². The smallest absolute Gasteiger partial charge is 0.264 e. The van der Waals surface area contributed by atoms with E-state index in [0.29, 0.717) is 53.3 Å². The van der Waals surface area contributed by atoms with E-state index in [4.69, 9.17) is 11.1 Å². The fourth-order valence-electron chi connectivity index (χ4n) is 3.95. The van der Waals surface area contributed by atoms with Gasteiger partial charge in [-0.3, -0.25) is 24.5 Å². The number of nitrogen functional groups attached to an aromatic ring is 1. The van der Waals surface area contributed by atoms with Crippen LogP contribution in [0, 0.1) is 5.41 Å².